The minimum absolute atomic E-state index is 0.0343. The number of para-hydroxylation sites is 1. The summed E-state index contributed by atoms with van der Waals surface area (Å²) in [5, 5.41) is 4.38. The van der Waals surface area contributed by atoms with Gasteiger partial charge in [-0.25, -0.2) is 8.42 Å². The van der Waals surface area contributed by atoms with Crippen LogP contribution in [0.4, 0.5) is 0 Å². The van der Waals surface area contributed by atoms with Gasteiger partial charge in [0, 0.05) is 23.9 Å². The monoisotopic (exact) mass is 292 g/mol. The highest BCUT2D eigenvalue weighted by atomic mass is 32.2. The summed E-state index contributed by atoms with van der Waals surface area (Å²) >= 11 is 0. The van der Waals surface area contributed by atoms with Crippen molar-refractivity contribution in [2.24, 2.45) is 0 Å². The second kappa shape index (κ2) is 6.33. The number of hydrogen-bond donors (Lipinski definition) is 1. The highest BCUT2D eigenvalue weighted by molar-refractivity contribution is 7.90. The summed E-state index contributed by atoms with van der Waals surface area (Å²) in [5.74, 6) is 0.167. The van der Waals surface area contributed by atoms with Gasteiger partial charge in [-0.2, -0.15) is 0 Å². The first-order chi connectivity index (χ1) is 9.46. The van der Waals surface area contributed by atoms with E-state index in [4.69, 9.17) is 0 Å². The maximum atomic E-state index is 11.2. The molecule has 0 spiro atoms. The summed E-state index contributed by atoms with van der Waals surface area (Å²) in [6.07, 6.45) is 3.90. The minimum Gasteiger partial charge on any atom is -0.313 e. The van der Waals surface area contributed by atoms with Crippen LogP contribution in [-0.2, 0) is 16.3 Å². The number of fused-ring (bicyclic) bond motifs is 1. The quantitative estimate of drug-likeness (QED) is 0.882. The molecule has 1 atom stereocenters. The molecule has 0 amide bonds. The van der Waals surface area contributed by atoms with E-state index in [1.54, 1.807) is 6.20 Å². The van der Waals surface area contributed by atoms with E-state index in [0.29, 0.717) is 0 Å². The lowest BCUT2D eigenvalue weighted by molar-refractivity contribution is 0.562. The van der Waals surface area contributed by atoms with Crippen LogP contribution in [0, 0.1) is 0 Å². The van der Waals surface area contributed by atoms with E-state index in [-0.39, 0.29) is 11.8 Å². The zero-order valence-corrected chi connectivity index (χ0v) is 12.7. The SMILES string of the molecule is CC(CS(C)(=O)=O)NCCc1cccc2cccnc12. The van der Waals surface area contributed by atoms with Crippen molar-refractivity contribution in [1.29, 1.82) is 0 Å². The molecule has 2 rings (SSSR count). The molecule has 0 radical (unpaired) electrons. The lowest BCUT2D eigenvalue weighted by atomic mass is 10.1. The van der Waals surface area contributed by atoms with Crippen LogP contribution in [0.3, 0.4) is 0 Å². The number of sulfone groups is 1. The van der Waals surface area contributed by atoms with Crippen molar-refractivity contribution in [2.45, 2.75) is 19.4 Å². The summed E-state index contributed by atoms with van der Waals surface area (Å²) in [4.78, 5) is 4.41. The van der Waals surface area contributed by atoms with Gasteiger partial charge in [0.15, 0.2) is 0 Å². The molecule has 1 aromatic heterocycles. The van der Waals surface area contributed by atoms with E-state index in [0.717, 1.165) is 23.9 Å². The van der Waals surface area contributed by atoms with Gasteiger partial charge in [-0.1, -0.05) is 24.3 Å². The van der Waals surface area contributed by atoms with Crippen molar-refractivity contribution in [3.8, 4) is 0 Å². The molecule has 1 unspecified atom stereocenters. The molecule has 1 aromatic carbocycles. The van der Waals surface area contributed by atoms with E-state index >= 15 is 0 Å². The Morgan fingerprint density at radius 1 is 1.25 bits per heavy atom. The normalized spacial score (nSPS) is 13.5. The fourth-order valence-corrected chi connectivity index (χ4v) is 3.36. The Bertz CT molecular complexity index is 678. The van der Waals surface area contributed by atoms with Crippen LogP contribution in [0.1, 0.15) is 12.5 Å². The molecule has 5 heteroatoms. The number of pyridine rings is 1. The van der Waals surface area contributed by atoms with Crippen LogP contribution in [0.2, 0.25) is 0 Å². The van der Waals surface area contributed by atoms with Crippen LogP contribution in [0.25, 0.3) is 10.9 Å². The Labute approximate surface area is 120 Å². The van der Waals surface area contributed by atoms with Gasteiger partial charge in [0.1, 0.15) is 9.84 Å². The van der Waals surface area contributed by atoms with E-state index in [1.807, 2.05) is 31.2 Å². The summed E-state index contributed by atoms with van der Waals surface area (Å²) in [5.41, 5.74) is 2.20. The highest BCUT2D eigenvalue weighted by Gasteiger charge is 2.09. The second-order valence-corrected chi connectivity index (χ2v) is 7.37. The van der Waals surface area contributed by atoms with Crippen molar-refractivity contribution in [2.75, 3.05) is 18.6 Å². The van der Waals surface area contributed by atoms with E-state index < -0.39 is 9.84 Å². The van der Waals surface area contributed by atoms with Crippen molar-refractivity contribution in [3.05, 3.63) is 42.1 Å². The largest absolute Gasteiger partial charge is 0.313 e. The van der Waals surface area contributed by atoms with Crippen molar-refractivity contribution in [3.63, 3.8) is 0 Å². The molecule has 20 heavy (non-hydrogen) atoms. The number of rotatable bonds is 6. The summed E-state index contributed by atoms with van der Waals surface area (Å²) in [6, 6.07) is 10.1. The van der Waals surface area contributed by atoms with Crippen LogP contribution in [0.15, 0.2) is 36.5 Å². The lowest BCUT2D eigenvalue weighted by Crippen LogP contribution is -2.34. The van der Waals surface area contributed by atoms with Gasteiger partial charge in [-0.3, -0.25) is 4.98 Å². The average molecular weight is 292 g/mol. The molecule has 1 heterocycles. The van der Waals surface area contributed by atoms with Crippen molar-refractivity contribution < 1.29 is 8.42 Å². The van der Waals surface area contributed by atoms with Gasteiger partial charge in [-0.05, 0) is 31.5 Å². The molecule has 108 valence electrons. The smallest absolute Gasteiger partial charge is 0.148 e. The average Bonchev–Trinajstić information content (AvgIpc) is 2.37. The molecular weight excluding hydrogens is 272 g/mol. The first kappa shape index (κ1) is 14.9. The third-order valence-corrected chi connectivity index (χ3v) is 4.26. The molecular formula is C15H20N2O2S. The molecule has 0 saturated heterocycles. The number of hydrogen-bond acceptors (Lipinski definition) is 4. The number of nitrogens with zero attached hydrogens (tertiary/aromatic N) is 1. The molecule has 0 saturated carbocycles. The van der Waals surface area contributed by atoms with Gasteiger partial charge >= 0.3 is 0 Å². The van der Waals surface area contributed by atoms with Gasteiger partial charge < -0.3 is 5.32 Å². The fourth-order valence-electron chi connectivity index (χ4n) is 2.34. The Morgan fingerprint density at radius 2 is 2.00 bits per heavy atom. The molecule has 0 aliphatic carbocycles. The number of nitrogens with one attached hydrogen (secondary N) is 1. The second-order valence-electron chi connectivity index (χ2n) is 5.19. The maximum absolute atomic E-state index is 11.2. The Morgan fingerprint density at radius 3 is 2.75 bits per heavy atom. The van der Waals surface area contributed by atoms with E-state index in [2.05, 4.69) is 16.4 Å². The molecule has 0 bridgehead atoms. The molecule has 2 aromatic rings. The van der Waals surface area contributed by atoms with Gasteiger partial charge in [-0.15, -0.1) is 0 Å². The van der Waals surface area contributed by atoms with Crippen LogP contribution in [-0.4, -0.2) is 38.0 Å². The molecule has 0 aliphatic rings. The Kier molecular flexibility index (Phi) is 4.73. The van der Waals surface area contributed by atoms with Crippen LogP contribution >= 0.6 is 0 Å². The van der Waals surface area contributed by atoms with Crippen molar-refractivity contribution >= 4 is 20.7 Å². The Balaban J connectivity index is 1.97. The molecule has 4 nitrogen and oxygen atoms in total. The number of aromatic nitrogens is 1. The van der Waals surface area contributed by atoms with Crippen LogP contribution in [0.5, 0.6) is 0 Å². The highest BCUT2D eigenvalue weighted by Crippen LogP contribution is 2.15. The summed E-state index contributed by atoms with van der Waals surface area (Å²) < 4.78 is 22.4. The van der Waals surface area contributed by atoms with E-state index in [9.17, 15) is 8.42 Å². The van der Waals surface area contributed by atoms with E-state index in [1.165, 1.54) is 11.8 Å². The van der Waals surface area contributed by atoms with Gasteiger partial charge in [0.2, 0.25) is 0 Å². The molecule has 0 aliphatic heterocycles. The third kappa shape index (κ3) is 4.28. The minimum atomic E-state index is -2.93. The Hall–Kier alpha value is -1.46. The predicted molar refractivity (Wildman–Crippen MR) is 82.6 cm³/mol. The first-order valence-corrected chi connectivity index (χ1v) is 8.75. The van der Waals surface area contributed by atoms with Gasteiger partial charge in [0.05, 0.1) is 11.3 Å². The zero-order chi connectivity index (χ0) is 14.6. The van der Waals surface area contributed by atoms with Crippen LogP contribution < -0.4 is 5.32 Å². The third-order valence-electron chi connectivity index (χ3n) is 3.16. The predicted octanol–water partition coefficient (Wildman–Crippen LogP) is 1.80. The molecule has 1 N–H and O–H groups in total. The zero-order valence-electron chi connectivity index (χ0n) is 11.8. The topological polar surface area (TPSA) is 59.1 Å². The van der Waals surface area contributed by atoms with Gasteiger partial charge in [0.25, 0.3) is 0 Å². The molecule has 0 fully saturated rings. The first-order valence-electron chi connectivity index (χ1n) is 6.69. The summed E-state index contributed by atoms with van der Waals surface area (Å²) in [6.45, 7) is 2.63. The maximum Gasteiger partial charge on any atom is 0.148 e. The fraction of sp³-hybridized carbons (Fsp3) is 0.400. The lowest BCUT2D eigenvalue weighted by Gasteiger charge is -2.13. The standard InChI is InChI=1S/C15H20N2O2S/c1-12(11-20(2,18)19)16-10-8-14-6-3-5-13-7-4-9-17-15(13)14/h3-7,9,12,16H,8,10-11H2,1-2H3. The van der Waals surface area contributed by atoms with Crippen molar-refractivity contribution in [1.82, 2.24) is 10.3 Å². The number of benzene rings is 1. The summed E-state index contributed by atoms with van der Waals surface area (Å²) in [7, 11) is -2.93.